The minimum atomic E-state index is -3.74. The molecule has 1 aromatic heterocycles. The summed E-state index contributed by atoms with van der Waals surface area (Å²) >= 11 is 0. The summed E-state index contributed by atoms with van der Waals surface area (Å²) in [5.41, 5.74) is 0.218. The van der Waals surface area contributed by atoms with Crippen LogP contribution < -0.4 is 0 Å². The van der Waals surface area contributed by atoms with Gasteiger partial charge in [0.05, 0.1) is 12.0 Å². The number of nitrogens with one attached hydrogen (secondary N) is 1. The third-order valence-corrected chi connectivity index (χ3v) is 2.80. The van der Waals surface area contributed by atoms with E-state index in [1.54, 1.807) is 0 Å². The molecule has 0 amide bonds. The van der Waals surface area contributed by atoms with E-state index in [4.69, 9.17) is 10.7 Å². The van der Waals surface area contributed by atoms with Crippen LogP contribution in [-0.4, -0.2) is 18.4 Å². The van der Waals surface area contributed by atoms with E-state index in [1.807, 2.05) is 20.8 Å². The quantitative estimate of drug-likeness (QED) is 0.735. The van der Waals surface area contributed by atoms with Gasteiger partial charge in [-0.3, -0.25) is 0 Å². The van der Waals surface area contributed by atoms with E-state index in [1.165, 1.54) is 6.33 Å². The highest BCUT2D eigenvalue weighted by Crippen LogP contribution is 2.27. The van der Waals surface area contributed by atoms with Crippen LogP contribution in [0.3, 0.4) is 0 Å². The molecule has 0 atom stereocenters. The van der Waals surface area contributed by atoms with Gasteiger partial charge in [-0.2, -0.15) is 0 Å². The molecular formula is C7H11ClN2O2S. The Labute approximate surface area is 81.8 Å². The van der Waals surface area contributed by atoms with Crippen molar-refractivity contribution < 1.29 is 8.42 Å². The molecule has 0 bridgehead atoms. The molecule has 1 rings (SSSR count). The Morgan fingerprint density at radius 3 is 2.31 bits per heavy atom. The van der Waals surface area contributed by atoms with E-state index in [-0.39, 0.29) is 10.4 Å². The van der Waals surface area contributed by atoms with Gasteiger partial charge in [-0.05, 0) is 0 Å². The van der Waals surface area contributed by atoms with Crippen molar-refractivity contribution in [3.8, 4) is 0 Å². The summed E-state index contributed by atoms with van der Waals surface area (Å²) in [5, 5.41) is -0.0818. The van der Waals surface area contributed by atoms with Crippen molar-refractivity contribution in [3.63, 3.8) is 0 Å². The molecule has 1 heterocycles. The van der Waals surface area contributed by atoms with Gasteiger partial charge in [0.25, 0.3) is 9.05 Å². The number of rotatable bonds is 1. The first kappa shape index (κ1) is 10.5. The summed E-state index contributed by atoms with van der Waals surface area (Å²) in [6, 6.07) is 0. The van der Waals surface area contributed by atoms with Crippen molar-refractivity contribution in [2.24, 2.45) is 0 Å². The summed E-state index contributed by atoms with van der Waals surface area (Å²) < 4.78 is 22.1. The SMILES string of the molecule is CC(C)(C)c1[nH]cnc1S(=O)(=O)Cl. The van der Waals surface area contributed by atoms with Gasteiger partial charge >= 0.3 is 0 Å². The predicted octanol–water partition coefficient (Wildman–Crippen LogP) is 1.63. The number of aromatic amines is 1. The fourth-order valence-corrected chi connectivity index (χ4v) is 2.14. The Balaban J connectivity index is 3.35. The smallest absolute Gasteiger partial charge is 0.280 e. The summed E-state index contributed by atoms with van der Waals surface area (Å²) in [5.74, 6) is 0. The fourth-order valence-electron chi connectivity index (χ4n) is 1.00. The molecule has 0 aliphatic rings. The van der Waals surface area contributed by atoms with Gasteiger partial charge in [0.1, 0.15) is 0 Å². The van der Waals surface area contributed by atoms with E-state index in [0.717, 1.165) is 0 Å². The number of aromatic nitrogens is 2. The van der Waals surface area contributed by atoms with Crippen molar-refractivity contribution >= 4 is 19.7 Å². The van der Waals surface area contributed by atoms with Gasteiger partial charge in [-0.25, -0.2) is 13.4 Å². The molecule has 0 unspecified atom stereocenters. The van der Waals surface area contributed by atoms with Gasteiger partial charge in [0, 0.05) is 16.1 Å². The first-order valence-electron chi connectivity index (χ1n) is 3.71. The van der Waals surface area contributed by atoms with Crippen LogP contribution in [-0.2, 0) is 14.5 Å². The zero-order valence-electron chi connectivity index (χ0n) is 7.63. The number of hydrogen-bond donors (Lipinski definition) is 1. The van der Waals surface area contributed by atoms with Crippen LogP contribution in [0.4, 0.5) is 0 Å². The van der Waals surface area contributed by atoms with Crippen molar-refractivity contribution in [1.29, 1.82) is 0 Å². The molecule has 0 aromatic carbocycles. The molecule has 13 heavy (non-hydrogen) atoms. The molecular weight excluding hydrogens is 212 g/mol. The third-order valence-electron chi connectivity index (χ3n) is 1.59. The predicted molar refractivity (Wildman–Crippen MR) is 50.3 cm³/mol. The standard InChI is InChI=1S/C7H11ClN2O2S/c1-7(2,3)5-6(10-4-9-5)13(8,11)12/h4H,1-3H3,(H,9,10). The van der Waals surface area contributed by atoms with Crippen molar-refractivity contribution in [2.45, 2.75) is 31.2 Å². The second kappa shape index (κ2) is 2.99. The normalized spacial score (nSPS) is 13.2. The van der Waals surface area contributed by atoms with Gasteiger partial charge < -0.3 is 4.98 Å². The molecule has 0 fully saturated rings. The summed E-state index contributed by atoms with van der Waals surface area (Å²) in [6.07, 6.45) is 1.33. The fraction of sp³-hybridized carbons (Fsp3) is 0.571. The van der Waals surface area contributed by atoms with Crippen LogP contribution in [0, 0.1) is 0 Å². The summed E-state index contributed by atoms with van der Waals surface area (Å²) in [6.45, 7) is 5.64. The van der Waals surface area contributed by atoms with E-state index < -0.39 is 9.05 Å². The Hall–Kier alpha value is -0.550. The lowest BCUT2D eigenvalue weighted by Crippen LogP contribution is -2.15. The van der Waals surface area contributed by atoms with Gasteiger partial charge in [-0.15, -0.1) is 0 Å². The average Bonchev–Trinajstić information content (AvgIpc) is 2.27. The maximum absolute atomic E-state index is 11.0. The van der Waals surface area contributed by atoms with Crippen LogP contribution in [0.2, 0.25) is 0 Å². The van der Waals surface area contributed by atoms with E-state index in [2.05, 4.69) is 9.97 Å². The molecule has 74 valence electrons. The van der Waals surface area contributed by atoms with Crippen LogP contribution in [0.25, 0.3) is 0 Å². The van der Waals surface area contributed by atoms with Gasteiger partial charge in [0.15, 0.2) is 5.03 Å². The third kappa shape index (κ3) is 2.22. The van der Waals surface area contributed by atoms with E-state index in [0.29, 0.717) is 5.69 Å². The maximum Gasteiger partial charge on any atom is 0.280 e. The first-order valence-corrected chi connectivity index (χ1v) is 6.02. The van der Waals surface area contributed by atoms with E-state index >= 15 is 0 Å². The van der Waals surface area contributed by atoms with Crippen molar-refractivity contribution in [2.75, 3.05) is 0 Å². The monoisotopic (exact) mass is 222 g/mol. The number of H-pyrrole nitrogens is 1. The number of imidazole rings is 1. The lowest BCUT2D eigenvalue weighted by molar-refractivity contribution is 0.549. The maximum atomic E-state index is 11.0. The van der Waals surface area contributed by atoms with Crippen LogP contribution in [0.1, 0.15) is 26.5 Å². The zero-order chi connectivity index (χ0) is 10.3. The average molecular weight is 223 g/mol. The first-order chi connectivity index (χ1) is 5.73. The van der Waals surface area contributed by atoms with Crippen LogP contribution >= 0.6 is 10.7 Å². The number of hydrogen-bond acceptors (Lipinski definition) is 3. The zero-order valence-corrected chi connectivity index (χ0v) is 9.20. The topological polar surface area (TPSA) is 62.8 Å². The molecule has 1 N–H and O–H groups in total. The molecule has 0 saturated carbocycles. The minimum absolute atomic E-state index is 0.0818. The molecule has 0 saturated heterocycles. The Bertz CT molecular complexity index is 402. The molecule has 4 nitrogen and oxygen atoms in total. The molecule has 0 aliphatic carbocycles. The van der Waals surface area contributed by atoms with Crippen molar-refractivity contribution in [3.05, 3.63) is 12.0 Å². The van der Waals surface area contributed by atoms with Crippen molar-refractivity contribution in [1.82, 2.24) is 9.97 Å². The summed E-state index contributed by atoms with van der Waals surface area (Å²) in [7, 11) is 1.46. The van der Waals surface area contributed by atoms with Gasteiger partial charge in [-0.1, -0.05) is 20.8 Å². The highest BCUT2D eigenvalue weighted by molar-refractivity contribution is 8.13. The lowest BCUT2D eigenvalue weighted by Gasteiger charge is -2.16. The molecule has 0 aliphatic heterocycles. The molecule has 1 aromatic rings. The minimum Gasteiger partial charge on any atom is -0.347 e. The second-order valence-electron chi connectivity index (χ2n) is 3.77. The highest BCUT2D eigenvalue weighted by atomic mass is 35.7. The largest absolute Gasteiger partial charge is 0.347 e. The number of halogens is 1. The lowest BCUT2D eigenvalue weighted by atomic mass is 9.93. The molecule has 0 radical (unpaired) electrons. The Morgan fingerprint density at radius 2 is 2.00 bits per heavy atom. The Kier molecular flexibility index (Phi) is 2.42. The molecule has 6 heteroatoms. The highest BCUT2D eigenvalue weighted by Gasteiger charge is 2.26. The van der Waals surface area contributed by atoms with Gasteiger partial charge in [0.2, 0.25) is 0 Å². The summed E-state index contributed by atoms with van der Waals surface area (Å²) in [4.78, 5) is 6.46. The van der Waals surface area contributed by atoms with Crippen LogP contribution in [0.5, 0.6) is 0 Å². The number of nitrogens with zero attached hydrogens (tertiary/aromatic N) is 1. The Morgan fingerprint density at radius 1 is 1.46 bits per heavy atom. The molecule has 0 spiro atoms. The van der Waals surface area contributed by atoms with Crippen LogP contribution in [0.15, 0.2) is 11.4 Å². The van der Waals surface area contributed by atoms with E-state index in [9.17, 15) is 8.42 Å². The second-order valence-corrected chi connectivity index (χ2v) is 6.25.